The van der Waals surface area contributed by atoms with Crippen molar-refractivity contribution < 1.29 is 15.0 Å². The molecule has 6 heteroatoms. The zero-order valence-corrected chi connectivity index (χ0v) is 35.0. The molecule has 0 aromatic heterocycles. The van der Waals surface area contributed by atoms with Gasteiger partial charge in [-0.15, -0.1) is 35.3 Å². The van der Waals surface area contributed by atoms with E-state index in [0.717, 1.165) is 51.0 Å². The van der Waals surface area contributed by atoms with Crippen molar-refractivity contribution in [2.75, 3.05) is 18.8 Å². The second-order valence-electron chi connectivity index (χ2n) is 14.9. The predicted octanol–water partition coefficient (Wildman–Crippen LogP) is 13.2. The van der Waals surface area contributed by atoms with Crippen LogP contribution in [-0.2, 0) is 19.3 Å². The number of rotatable bonds is 3. The number of carbonyl (C=O) groups is 1. The Morgan fingerprint density at radius 3 is 1.80 bits per heavy atom. The molecule has 0 radical (unpaired) electrons. The molecule has 0 aliphatic heterocycles. The lowest BCUT2D eigenvalue weighted by atomic mass is 9.99. The average Bonchev–Trinajstić information content (AvgIpc) is 3.83. The maximum absolute atomic E-state index is 12.2. The molecule has 3 aliphatic rings. The quantitative estimate of drug-likeness (QED) is 0.137. The number of thioether (sulfide) groups is 3. The number of benzene rings is 7. The normalized spacial score (nSPS) is 13.0. The van der Waals surface area contributed by atoms with Gasteiger partial charge in [0.25, 0.3) is 0 Å². The van der Waals surface area contributed by atoms with Crippen molar-refractivity contribution in [3.63, 3.8) is 0 Å². The Hall–Kier alpha value is -4.88. The van der Waals surface area contributed by atoms with Gasteiger partial charge in [0.1, 0.15) is 11.5 Å². The maximum atomic E-state index is 12.2. The Balaban J connectivity index is 0.000000119. The molecule has 7 aromatic rings. The summed E-state index contributed by atoms with van der Waals surface area (Å²) >= 11 is 5.22. The van der Waals surface area contributed by atoms with Crippen LogP contribution in [0.4, 0.5) is 0 Å². The van der Waals surface area contributed by atoms with E-state index in [4.69, 9.17) is 0 Å². The lowest BCUT2D eigenvalue weighted by Gasteiger charge is -2.12. The zero-order valence-electron chi connectivity index (χ0n) is 32.5. The molecule has 0 unspecified atom stereocenters. The van der Waals surface area contributed by atoms with E-state index in [2.05, 4.69) is 87.7 Å². The van der Waals surface area contributed by atoms with E-state index in [1.807, 2.05) is 54.6 Å². The molecule has 10 rings (SSSR count). The van der Waals surface area contributed by atoms with Crippen LogP contribution >= 0.6 is 35.3 Å². The van der Waals surface area contributed by atoms with E-state index >= 15 is 0 Å². The van der Waals surface area contributed by atoms with Gasteiger partial charge in [-0.3, -0.25) is 4.79 Å². The molecule has 0 amide bonds. The minimum atomic E-state index is 0.216. The summed E-state index contributed by atoms with van der Waals surface area (Å²) in [5, 5.41) is 24.1. The van der Waals surface area contributed by atoms with Crippen molar-refractivity contribution in [1.82, 2.24) is 0 Å². The summed E-state index contributed by atoms with van der Waals surface area (Å²) < 4.78 is 1.15. The highest BCUT2D eigenvalue weighted by molar-refractivity contribution is 8.21. The van der Waals surface area contributed by atoms with Gasteiger partial charge in [0.15, 0.2) is 5.78 Å². The second-order valence-corrected chi connectivity index (χ2v) is 17.6. The first-order chi connectivity index (χ1) is 27.0. The number of allylic oxidation sites excluding steroid dienone is 1. The number of aryl methyl sites for hydroxylation is 3. The molecule has 3 nitrogen and oxygen atoms in total. The fraction of sp³-hybridized carbons (Fsp3) is 0.180. The van der Waals surface area contributed by atoms with Crippen LogP contribution in [-0.4, -0.2) is 34.8 Å². The van der Waals surface area contributed by atoms with Crippen molar-refractivity contribution in [2.24, 2.45) is 0 Å². The molecule has 2 N–H and O–H groups in total. The minimum absolute atomic E-state index is 0.216. The fourth-order valence-corrected chi connectivity index (χ4v) is 10.8. The summed E-state index contributed by atoms with van der Waals surface area (Å²) in [6.07, 6.45) is 8.99. The van der Waals surface area contributed by atoms with Crippen LogP contribution in [0.3, 0.4) is 0 Å². The Kier molecular flexibility index (Phi) is 10.6. The first kappa shape index (κ1) is 38.0. The monoisotopic (exact) mass is 788 g/mol. The highest BCUT2D eigenvalue weighted by Crippen LogP contribution is 2.45. The second kappa shape index (κ2) is 15.6. The number of ketones is 1. The predicted molar refractivity (Wildman–Crippen MR) is 242 cm³/mol. The van der Waals surface area contributed by atoms with Gasteiger partial charge in [-0.1, -0.05) is 89.5 Å². The molecular formula is C50H44O3S3. The third-order valence-electron chi connectivity index (χ3n) is 11.0. The topological polar surface area (TPSA) is 57.5 Å². The summed E-state index contributed by atoms with van der Waals surface area (Å²) in [5.74, 6) is 0.818. The van der Waals surface area contributed by atoms with Crippen LogP contribution in [0, 0.1) is 20.8 Å². The molecule has 7 aromatic carbocycles. The van der Waals surface area contributed by atoms with Crippen molar-refractivity contribution in [2.45, 2.75) is 44.9 Å². The number of aromatic hydroxyl groups is 2. The SMILES string of the molecule is CSC(SC)=C1Cc2cc(C)ccc2C1=O.CSc1c2c(cc3cc(C)ccc13)-c1ccc(C)cc1C2.Oc1ccc2c(c1)Cc1cc3ccc(O)cc3cc1-2. The third-order valence-corrected chi connectivity index (χ3v) is 14.2. The van der Waals surface area contributed by atoms with Gasteiger partial charge in [0.2, 0.25) is 0 Å². The summed E-state index contributed by atoms with van der Waals surface area (Å²) in [7, 11) is 0. The lowest BCUT2D eigenvalue weighted by Crippen LogP contribution is -1.97. The van der Waals surface area contributed by atoms with Gasteiger partial charge in [-0.05, 0) is 160 Å². The zero-order chi connectivity index (χ0) is 39.2. The summed E-state index contributed by atoms with van der Waals surface area (Å²) in [6, 6.07) is 37.4. The van der Waals surface area contributed by atoms with Crippen LogP contribution in [0.25, 0.3) is 43.8 Å². The van der Waals surface area contributed by atoms with Crippen LogP contribution < -0.4 is 0 Å². The fourth-order valence-electron chi connectivity index (χ4n) is 8.45. The van der Waals surface area contributed by atoms with E-state index in [0.29, 0.717) is 5.75 Å². The van der Waals surface area contributed by atoms with Gasteiger partial charge in [0.05, 0.1) is 0 Å². The highest BCUT2D eigenvalue weighted by Gasteiger charge is 2.27. The smallest absolute Gasteiger partial charge is 0.191 e. The van der Waals surface area contributed by atoms with E-state index in [1.54, 1.807) is 41.7 Å². The van der Waals surface area contributed by atoms with Gasteiger partial charge in [-0.25, -0.2) is 0 Å². The number of hydrogen-bond acceptors (Lipinski definition) is 6. The molecule has 0 heterocycles. The average molecular weight is 789 g/mol. The molecular weight excluding hydrogens is 745 g/mol. The first-order valence-corrected chi connectivity index (χ1v) is 22.5. The molecule has 280 valence electrons. The van der Waals surface area contributed by atoms with Gasteiger partial charge in [0, 0.05) is 26.7 Å². The Morgan fingerprint density at radius 2 is 1.07 bits per heavy atom. The third kappa shape index (κ3) is 7.15. The number of phenols is 2. The standard InChI is InChI=1S/C20H18S.C17H12O2.C13H14OS2/c1-12-4-6-16-14(8-12)11-19-18(16)10-15-9-13(2)5-7-17(15)20(19)21-3;18-14-2-1-10-5-12-6-13-8-15(19)3-4-16(13)17(12)9-11(10)7-14;1-8-4-5-10-9(6-8)7-11(12(10)14)13(15-2)16-3/h4-10H,11H2,1-3H3;1-5,7-9,18-19H,6H2;4-6H,7H2,1-3H3. The molecule has 0 saturated carbocycles. The Labute approximate surface area is 342 Å². The molecule has 0 atom stereocenters. The van der Waals surface area contributed by atoms with E-state index in [-0.39, 0.29) is 11.5 Å². The molecule has 0 saturated heterocycles. The largest absolute Gasteiger partial charge is 0.508 e. The number of fused-ring (bicyclic) bond motifs is 9. The maximum Gasteiger partial charge on any atom is 0.191 e. The lowest BCUT2D eigenvalue weighted by molar-refractivity contribution is 0.103. The van der Waals surface area contributed by atoms with Gasteiger partial charge < -0.3 is 10.2 Å². The highest BCUT2D eigenvalue weighted by atomic mass is 32.2. The molecule has 56 heavy (non-hydrogen) atoms. The van der Waals surface area contributed by atoms with Crippen LogP contribution in [0.2, 0.25) is 0 Å². The van der Waals surface area contributed by atoms with Crippen LogP contribution in [0.1, 0.15) is 54.9 Å². The molecule has 0 fully saturated rings. The number of carbonyl (C=O) groups excluding carboxylic acids is 1. The van der Waals surface area contributed by atoms with E-state index < -0.39 is 0 Å². The summed E-state index contributed by atoms with van der Waals surface area (Å²) in [4.78, 5) is 13.6. The Morgan fingerprint density at radius 1 is 0.500 bits per heavy atom. The first-order valence-electron chi connectivity index (χ1n) is 18.8. The van der Waals surface area contributed by atoms with E-state index in [9.17, 15) is 15.0 Å². The Bertz CT molecular complexity index is 2760. The molecule has 0 bridgehead atoms. The van der Waals surface area contributed by atoms with Gasteiger partial charge in [-0.2, -0.15) is 0 Å². The number of phenolic OH excluding ortho intramolecular Hbond substituents is 2. The van der Waals surface area contributed by atoms with Crippen molar-refractivity contribution >= 4 is 62.6 Å². The summed E-state index contributed by atoms with van der Waals surface area (Å²) in [6.45, 7) is 6.41. The van der Waals surface area contributed by atoms with Crippen molar-refractivity contribution in [3.8, 4) is 33.8 Å². The molecule has 0 spiro atoms. The summed E-state index contributed by atoms with van der Waals surface area (Å²) in [5.41, 5.74) is 17.6. The van der Waals surface area contributed by atoms with Crippen molar-refractivity contribution in [1.29, 1.82) is 0 Å². The minimum Gasteiger partial charge on any atom is -0.508 e. The number of Topliss-reactive ketones (excluding diaryl/α,β-unsaturated/α-hetero) is 1. The van der Waals surface area contributed by atoms with Crippen LogP contribution in [0.5, 0.6) is 11.5 Å². The number of hydrogen-bond donors (Lipinski definition) is 2. The van der Waals surface area contributed by atoms with E-state index in [1.165, 1.54) is 76.9 Å². The molecule has 3 aliphatic carbocycles. The van der Waals surface area contributed by atoms with Crippen molar-refractivity contribution in [3.05, 3.63) is 169 Å². The van der Waals surface area contributed by atoms with Gasteiger partial charge >= 0.3 is 0 Å². The van der Waals surface area contributed by atoms with Crippen LogP contribution in [0.15, 0.2) is 124 Å².